The fourth-order valence-corrected chi connectivity index (χ4v) is 5.57. The second-order valence-corrected chi connectivity index (χ2v) is 10.8. The van der Waals surface area contributed by atoms with E-state index in [1.165, 1.54) is 0 Å². The number of hydrogen-bond donors (Lipinski definition) is 0. The zero-order chi connectivity index (χ0) is 26.7. The van der Waals surface area contributed by atoms with Crippen molar-refractivity contribution in [3.63, 3.8) is 0 Å². The Kier molecular flexibility index (Phi) is 12.4. The molecule has 0 bridgehead atoms. The minimum Gasteiger partial charge on any atom is -0.373 e. The molecule has 2 fully saturated rings. The second-order valence-electron chi connectivity index (χ2n) is 10.4. The van der Waals surface area contributed by atoms with Crippen molar-refractivity contribution in [1.29, 1.82) is 0 Å². The van der Waals surface area contributed by atoms with Gasteiger partial charge in [0.05, 0.1) is 17.8 Å². The number of nitrogens with zero attached hydrogens (tertiary/aromatic N) is 3. The van der Waals surface area contributed by atoms with Gasteiger partial charge in [-0.3, -0.25) is 14.6 Å². The number of ether oxygens (including phenoxy) is 1. The van der Waals surface area contributed by atoms with Crippen LogP contribution in [-0.2, 0) is 17.3 Å². The van der Waals surface area contributed by atoms with E-state index < -0.39 is 11.7 Å². The van der Waals surface area contributed by atoms with Crippen molar-refractivity contribution < 1.29 is 22.7 Å². The van der Waals surface area contributed by atoms with Crippen LogP contribution in [0.2, 0.25) is 5.02 Å². The number of benzene rings is 2. The number of piperazine rings is 1. The molecule has 0 unspecified atom stereocenters. The highest BCUT2D eigenvalue weighted by Gasteiger charge is 2.35. The van der Waals surface area contributed by atoms with Gasteiger partial charge in [-0.05, 0) is 68.7 Å². The van der Waals surface area contributed by atoms with Gasteiger partial charge in [-0.25, -0.2) is 0 Å². The highest BCUT2D eigenvalue weighted by atomic mass is 35.5. The molecule has 0 aliphatic carbocycles. The molecule has 2 saturated heterocycles. The van der Waals surface area contributed by atoms with E-state index >= 15 is 0 Å². The maximum Gasteiger partial charge on any atom is 0.416 e. The van der Waals surface area contributed by atoms with Gasteiger partial charge in [0.2, 0.25) is 0 Å². The third-order valence-electron chi connectivity index (χ3n) is 7.09. The summed E-state index contributed by atoms with van der Waals surface area (Å²) in [5.74, 6) is -0.358. The SMILES string of the molecule is Cc1cc(C(=O)N2CCN(CCN3C[C@@H](C)O[C@@H](C)C3)C[C@H]2Cc2ccc(Cl)cc2)cc(C(F)(F)F)c1.Cl.Cl. The number of hydrogen-bond acceptors (Lipinski definition) is 4. The predicted molar refractivity (Wildman–Crippen MR) is 154 cm³/mol. The number of rotatable bonds is 6. The zero-order valence-electron chi connectivity index (χ0n) is 22.4. The lowest BCUT2D eigenvalue weighted by Gasteiger charge is -2.43. The van der Waals surface area contributed by atoms with E-state index in [2.05, 4.69) is 23.6 Å². The van der Waals surface area contributed by atoms with Crippen LogP contribution in [0.1, 0.15) is 40.9 Å². The lowest BCUT2D eigenvalue weighted by Crippen LogP contribution is -2.57. The monoisotopic (exact) mass is 609 g/mol. The van der Waals surface area contributed by atoms with Crippen LogP contribution >= 0.6 is 36.4 Å². The van der Waals surface area contributed by atoms with Crippen LogP contribution in [0.4, 0.5) is 13.2 Å². The highest BCUT2D eigenvalue weighted by molar-refractivity contribution is 6.30. The molecule has 3 atom stereocenters. The molecule has 2 heterocycles. The topological polar surface area (TPSA) is 36.0 Å². The van der Waals surface area contributed by atoms with Crippen molar-refractivity contribution in [3.05, 3.63) is 69.7 Å². The van der Waals surface area contributed by atoms with Gasteiger partial charge in [0.25, 0.3) is 5.91 Å². The van der Waals surface area contributed by atoms with Gasteiger partial charge in [0.1, 0.15) is 0 Å². The van der Waals surface area contributed by atoms with Crippen LogP contribution in [-0.4, -0.2) is 84.7 Å². The van der Waals surface area contributed by atoms with Gasteiger partial charge in [-0.2, -0.15) is 13.2 Å². The van der Waals surface area contributed by atoms with E-state index in [9.17, 15) is 18.0 Å². The molecule has 218 valence electrons. The molecule has 5 nitrogen and oxygen atoms in total. The van der Waals surface area contributed by atoms with E-state index in [-0.39, 0.29) is 54.5 Å². The molecule has 11 heteroatoms. The maximum atomic E-state index is 13.6. The quantitative estimate of drug-likeness (QED) is 0.403. The predicted octanol–water partition coefficient (Wildman–Crippen LogP) is 5.99. The lowest BCUT2D eigenvalue weighted by molar-refractivity contribution is -0.137. The van der Waals surface area contributed by atoms with Gasteiger partial charge >= 0.3 is 6.18 Å². The van der Waals surface area contributed by atoms with Crippen molar-refractivity contribution in [3.8, 4) is 0 Å². The summed E-state index contributed by atoms with van der Waals surface area (Å²) < 4.78 is 46.1. The molecule has 2 aliphatic rings. The normalized spacial score (nSPS) is 22.6. The van der Waals surface area contributed by atoms with Crippen LogP contribution in [0, 0.1) is 6.92 Å². The molecule has 39 heavy (non-hydrogen) atoms. The number of morpholine rings is 1. The maximum absolute atomic E-state index is 13.6. The summed E-state index contributed by atoms with van der Waals surface area (Å²) in [4.78, 5) is 20.1. The summed E-state index contributed by atoms with van der Waals surface area (Å²) in [5, 5.41) is 0.635. The molecule has 4 rings (SSSR count). The van der Waals surface area contributed by atoms with Crippen molar-refractivity contribution in [2.24, 2.45) is 0 Å². The first-order valence-electron chi connectivity index (χ1n) is 12.8. The summed E-state index contributed by atoms with van der Waals surface area (Å²) in [5.41, 5.74) is 0.737. The number of carbonyl (C=O) groups excluding carboxylic acids is 1. The highest BCUT2D eigenvalue weighted by Crippen LogP contribution is 2.31. The minimum absolute atomic E-state index is 0. The average molecular weight is 611 g/mol. The molecular formula is C28H37Cl3F3N3O2. The van der Waals surface area contributed by atoms with E-state index in [0.717, 1.165) is 43.9 Å². The smallest absolute Gasteiger partial charge is 0.373 e. The molecule has 0 N–H and O–H groups in total. The molecular weight excluding hydrogens is 574 g/mol. The third-order valence-corrected chi connectivity index (χ3v) is 7.34. The first-order chi connectivity index (χ1) is 17.5. The second kappa shape index (κ2) is 14.4. The third kappa shape index (κ3) is 9.23. The van der Waals surface area contributed by atoms with Crippen LogP contribution < -0.4 is 0 Å². The summed E-state index contributed by atoms with van der Waals surface area (Å²) in [7, 11) is 0. The molecule has 2 aromatic carbocycles. The Balaban J connectivity index is 0.00000267. The summed E-state index contributed by atoms with van der Waals surface area (Å²) in [6, 6.07) is 10.9. The first-order valence-corrected chi connectivity index (χ1v) is 13.2. The number of alkyl halides is 3. The largest absolute Gasteiger partial charge is 0.416 e. The standard InChI is InChI=1S/C28H35ClF3N3O2.2ClH/c1-19-12-23(15-24(13-19)28(30,31)32)27(36)35-11-10-33(8-9-34-16-20(2)37-21(3)17-34)18-26(35)14-22-4-6-25(29)7-5-22;;/h4-7,12-13,15,20-21,26H,8-11,14,16-18H2,1-3H3;2*1H/t20-,21+,26-;;/m1../s1. The molecule has 1 amide bonds. The molecule has 2 aromatic rings. The number of carbonyl (C=O) groups is 1. The first kappa shape index (κ1) is 33.7. The van der Waals surface area contributed by atoms with E-state index in [1.807, 2.05) is 24.3 Å². The molecule has 0 radical (unpaired) electrons. The van der Waals surface area contributed by atoms with E-state index in [4.69, 9.17) is 16.3 Å². The van der Waals surface area contributed by atoms with Gasteiger partial charge < -0.3 is 9.64 Å². The fraction of sp³-hybridized carbons (Fsp3) is 0.536. The summed E-state index contributed by atoms with van der Waals surface area (Å²) in [6.07, 6.45) is -3.50. The fourth-order valence-electron chi connectivity index (χ4n) is 5.44. The Labute approximate surface area is 246 Å². The molecule has 2 aliphatic heterocycles. The van der Waals surface area contributed by atoms with Gasteiger partial charge in [-0.15, -0.1) is 24.8 Å². The number of amides is 1. The number of halogens is 6. The average Bonchev–Trinajstić information content (AvgIpc) is 2.82. The lowest BCUT2D eigenvalue weighted by atomic mass is 9.99. The van der Waals surface area contributed by atoms with E-state index in [0.29, 0.717) is 36.6 Å². The van der Waals surface area contributed by atoms with Crippen molar-refractivity contribution in [2.45, 2.75) is 51.6 Å². The van der Waals surface area contributed by atoms with Crippen LogP contribution in [0.3, 0.4) is 0 Å². The Morgan fingerprint density at radius 1 is 0.949 bits per heavy atom. The van der Waals surface area contributed by atoms with E-state index in [1.54, 1.807) is 17.9 Å². The van der Waals surface area contributed by atoms with Gasteiger partial charge in [0, 0.05) is 62.4 Å². The van der Waals surface area contributed by atoms with Crippen molar-refractivity contribution in [2.75, 3.05) is 45.8 Å². The molecule has 0 aromatic heterocycles. The van der Waals surface area contributed by atoms with Crippen LogP contribution in [0.15, 0.2) is 42.5 Å². The Hall–Kier alpha value is -1.55. The summed E-state index contributed by atoms with van der Waals surface area (Å²) >= 11 is 6.06. The Bertz CT molecular complexity index is 1080. The molecule has 0 spiro atoms. The molecule has 0 saturated carbocycles. The minimum atomic E-state index is -4.50. The van der Waals surface area contributed by atoms with Gasteiger partial charge in [-0.1, -0.05) is 23.7 Å². The number of aryl methyl sites for hydroxylation is 1. The van der Waals surface area contributed by atoms with Crippen molar-refractivity contribution in [1.82, 2.24) is 14.7 Å². The summed E-state index contributed by atoms with van der Waals surface area (Å²) in [6.45, 7) is 11.1. The Morgan fingerprint density at radius 2 is 1.56 bits per heavy atom. The van der Waals surface area contributed by atoms with Crippen molar-refractivity contribution >= 4 is 42.3 Å². The van der Waals surface area contributed by atoms with Gasteiger partial charge in [0.15, 0.2) is 0 Å². The van der Waals surface area contributed by atoms with Crippen LogP contribution in [0.25, 0.3) is 0 Å². The Morgan fingerprint density at radius 3 is 2.18 bits per heavy atom. The zero-order valence-corrected chi connectivity index (χ0v) is 24.8. The van der Waals surface area contributed by atoms with Crippen LogP contribution in [0.5, 0.6) is 0 Å².